The first-order valence-corrected chi connectivity index (χ1v) is 9.33. The molecule has 0 spiro atoms. The van der Waals surface area contributed by atoms with E-state index in [4.69, 9.17) is 8.83 Å². The number of aryl methyl sites for hydroxylation is 2. The van der Waals surface area contributed by atoms with Gasteiger partial charge < -0.3 is 18.8 Å². The van der Waals surface area contributed by atoms with E-state index in [9.17, 15) is 19.5 Å². The Balaban J connectivity index is 1.64. The van der Waals surface area contributed by atoms with Gasteiger partial charge in [0.25, 0.3) is 0 Å². The third kappa shape index (κ3) is 2.96. The van der Waals surface area contributed by atoms with Crippen LogP contribution in [0.3, 0.4) is 0 Å². The summed E-state index contributed by atoms with van der Waals surface area (Å²) in [6.07, 6.45) is 3.10. The first-order chi connectivity index (χ1) is 13.4. The van der Waals surface area contributed by atoms with Crippen molar-refractivity contribution in [3.63, 3.8) is 0 Å². The fourth-order valence-corrected chi connectivity index (χ4v) is 4.02. The van der Waals surface area contributed by atoms with Crippen LogP contribution in [0.2, 0.25) is 0 Å². The predicted molar refractivity (Wildman–Crippen MR) is 102 cm³/mol. The molecule has 1 aliphatic heterocycles. The van der Waals surface area contributed by atoms with Crippen molar-refractivity contribution in [2.24, 2.45) is 0 Å². The standard InChI is InChI=1S/C21H21NO6/c1-11-10-27-17-9-18-15(8-14(11)17)12(2)13(21(26)28-18)5-6-19(23)22-7-3-4-16(22)20(24)25/h8-10,16H,3-7H2,1-2H3,(H,24,25). The minimum absolute atomic E-state index is 0.0773. The number of rotatable bonds is 4. The number of likely N-dealkylation sites (tertiary alicyclic amines) is 1. The van der Waals surface area contributed by atoms with Crippen molar-refractivity contribution < 1.29 is 23.5 Å². The van der Waals surface area contributed by atoms with E-state index in [1.807, 2.05) is 19.9 Å². The zero-order valence-corrected chi connectivity index (χ0v) is 15.8. The molecule has 7 nitrogen and oxygen atoms in total. The number of amides is 1. The number of benzene rings is 1. The number of hydrogen-bond donors (Lipinski definition) is 1. The SMILES string of the molecule is Cc1coc2cc3oc(=O)c(CCC(=O)N4CCCC4C(=O)O)c(C)c3cc12. The maximum atomic E-state index is 12.5. The van der Waals surface area contributed by atoms with Gasteiger partial charge in [-0.05, 0) is 50.3 Å². The summed E-state index contributed by atoms with van der Waals surface area (Å²) in [4.78, 5) is 37.7. The largest absolute Gasteiger partial charge is 0.480 e. The number of fused-ring (bicyclic) bond motifs is 2. The van der Waals surface area contributed by atoms with E-state index in [2.05, 4.69) is 0 Å². The van der Waals surface area contributed by atoms with Crippen molar-refractivity contribution in [2.75, 3.05) is 6.54 Å². The molecule has 3 heterocycles. The molecule has 28 heavy (non-hydrogen) atoms. The number of nitrogens with zero attached hydrogens (tertiary/aromatic N) is 1. The molecule has 2 aromatic heterocycles. The van der Waals surface area contributed by atoms with Gasteiger partial charge in [0.1, 0.15) is 17.2 Å². The smallest absolute Gasteiger partial charge is 0.339 e. The van der Waals surface area contributed by atoms with Crippen LogP contribution in [0.15, 0.2) is 32.0 Å². The van der Waals surface area contributed by atoms with Crippen molar-refractivity contribution in [3.05, 3.63) is 45.5 Å². The Morgan fingerprint density at radius 2 is 2.00 bits per heavy atom. The summed E-state index contributed by atoms with van der Waals surface area (Å²) < 4.78 is 10.9. The van der Waals surface area contributed by atoms with Crippen LogP contribution in [0.25, 0.3) is 21.9 Å². The van der Waals surface area contributed by atoms with Crippen LogP contribution in [0.1, 0.15) is 36.0 Å². The van der Waals surface area contributed by atoms with Gasteiger partial charge in [-0.2, -0.15) is 0 Å². The second-order valence-electron chi connectivity index (χ2n) is 7.34. The second kappa shape index (κ2) is 6.82. The molecule has 1 aliphatic rings. The molecular weight excluding hydrogens is 362 g/mol. The summed E-state index contributed by atoms with van der Waals surface area (Å²) in [6.45, 7) is 4.23. The van der Waals surface area contributed by atoms with E-state index in [1.54, 1.807) is 12.3 Å². The normalized spacial score (nSPS) is 16.9. The molecule has 0 saturated carbocycles. The maximum Gasteiger partial charge on any atom is 0.339 e. The zero-order valence-electron chi connectivity index (χ0n) is 15.8. The van der Waals surface area contributed by atoms with Gasteiger partial charge >= 0.3 is 11.6 Å². The van der Waals surface area contributed by atoms with Crippen LogP contribution in [-0.4, -0.2) is 34.5 Å². The van der Waals surface area contributed by atoms with Gasteiger partial charge in [-0.3, -0.25) is 4.79 Å². The minimum atomic E-state index is -0.980. The molecular formula is C21H21NO6. The van der Waals surface area contributed by atoms with Crippen LogP contribution in [0, 0.1) is 13.8 Å². The Bertz CT molecular complexity index is 1160. The van der Waals surface area contributed by atoms with Crippen molar-refractivity contribution in [3.8, 4) is 0 Å². The quantitative estimate of drug-likeness (QED) is 0.695. The van der Waals surface area contributed by atoms with Gasteiger partial charge in [0, 0.05) is 35.4 Å². The lowest BCUT2D eigenvalue weighted by Crippen LogP contribution is -2.40. The number of carbonyl (C=O) groups excluding carboxylic acids is 1. The molecule has 1 saturated heterocycles. The molecule has 146 valence electrons. The van der Waals surface area contributed by atoms with Crippen LogP contribution >= 0.6 is 0 Å². The summed E-state index contributed by atoms with van der Waals surface area (Å²) in [6, 6.07) is 2.88. The molecule has 4 rings (SSSR count). The zero-order chi connectivity index (χ0) is 20.0. The Hall–Kier alpha value is -3.09. The van der Waals surface area contributed by atoms with Crippen LogP contribution in [0.5, 0.6) is 0 Å². The second-order valence-corrected chi connectivity index (χ2v) is 7.34. The van der Waals surface area contributed by atoms with Gasteiger partial charge in [0.05, 0.1) is 6.26 Å². The van der Waals surface area contributed by atoms with Crippen LogP contribution < -0.4 is 5.63 Å². The van der Waals surface area contributed by atoms with Gasteiger partial charge in [-0.25, -0.2) is 9.59 Å². The van der Waals surface area contributed by atoms with E-state index in [0.717, 1.165) is 21.9 Å². The highest BCUT2D eigenvalue weighted by Crippen LogP contribution is 2.29. The topological polar surface area (TPSA) is 101 Å². The first-order valence-electron chi connectivity index (χ1n) is 9.33. The van der Waals surface area contributed by atoms with Gasteiger partial charge in [0.2, 0.25) is 5.91 Å². The van der Waals surface area contributed by atoms with E-state index in [1.165, 1.54) is 4.90 Å². The maximum absolute atomic E-state index is 12.5. The number of carbonyl (C=O) groups is 2. The summed E-state index contributed by atoms with van der Waals surface area (Å²) >= 11 is 0. The number of aliphatic carboxylic acids is 1. The summed E-state index contributed by atoms with van der Waals surface area (Å²) in [5.74, 6) is -1.23. The number of carboxylic acid groups (broad SMARTS) is 1. The first kappa shape index (κ1) is 18.3. The number of carboxylic acids is 1. The Kier molecular flexibility index (Phi) is 4.45. The summed E-state index contributed by atoms with van der Waals surface area (Å²) in [5, 5.41) is 11.0. The van der Waals surface area contributed by atoms with Crippen molar-refractivity contribution in [1.29, 1.82) is 0 Å². The number of furan rings is 1. The molecule has 1 unspecified atom stereocenters. The molecule has 1 amide bonds. The third-order valence-electron chi connectivity index (χ3n) is 5.62. The highest BCUT2D eigenvalue weighted by atomic mass is 16.4. The predicted octanol–water partition coefficient (Wildman–Crippen LogP) is 3.16. The highest BCUT2D eigenvalue weighted by molar-refractivity contribution is 5.96. The molecule has 0 bridgehead atoms. The minimum Gasteiger partial charge on any atom is -0.480 e. The molecule has 7 heteroatoms. The molecule has 1 N–H and O–H groups in total. The monoisotopic (exact) mass is 383 g/mol. The fourth-order valence-electron chi connectivity index (χ4n) is 4.02. The molecule has 3 aromatic rings. The average molecular weight is 383 g/mol. The van der Waals surface area contributed by atoms with Gasteiger partial charge in [0.15, 0.2) is 0 Å². The average Bonchev–Trinajstić information content (AvgIpc) is 3.27. The lowest BCUT2D eigenvalue weighted by Gasteiger charge is -2.21. The molecule has 0 aliphatic carbocycles. The molecule has 1 fully saturated rings. The van der Waals surface area contributed by atoms with Crippen molar-refractivity contribution in [1.82, 2.24) is 4.90 Å². The van der Waals surface area contributed by atoms with Crippen molar-refractivity contribution >= 4 is 33.8 Å². The highest BCUT2D eigenvalue weighted by Gasteiger charge is 2.33. The summed E-state index contributed by atoms with van der Waals surface area (Å²) in [5.41, 5.74) is 2.85. The Morgan fingerprint density at radius 3 is 2.75 bits per heavy atom. The van der Waals surface area contributed by atoms with Gasteiger partial charge in [-0.15, -0.1) is 0 Å². The van der Waals surface area contributed by atoms with E-state index < -0.39 is 17.6 Å². The van der Waals surface area contributed by atoms with Crippen LogP contribution in [0.4, 0.5) is 0 Å². The molecule has 0 radical (unpaired) electrons. The Labute approximate surface area is 160 Å². The van der Waals surface area contributed by atoms with E-state index in [0.29, 0.717) is 36.1 Å². The molecule has 1 atom stereocenters. The summed E-state index contributed by atoms with van der Waals surface area (Å²) in [7, 11) is 0. The lowest BCUT2D eigenvalue weighted by molar-refractivity contribution is -0.148. The van der Waals surface area contributed by atoms with E-state index in [-0.39, 0.29) is 18.7 Å². The van der Waals surface area contributed by atoms with Gasteiger partial charge in [-0.1, -0.05) is 0 Å². The molecule has 1 aromatic carbocycles. The van der Waals surface area contributed by atoms with Crippen LogP contribution in [-0.2, 0) is 16.0 Å². The van der Waals surface area contributed by atoms with E-state index >= 15 is 0 Å². The Morgan fingerprint density at radius 1 is 1.21 bits per heavy atom. The third-order valence-corrected chi connectivity index (χ3v) is 5.62. The fraction of sp³-hybridized carbons (Fsp3) is 0.381. The number of hydrogen-bond acceptors (Lipinski definition) is 5. The van der Waals surface area contributed by atoms with Crippen molar-refractivity contribution in [2.45, 2.75) is 45.6 Å². The lowest BCUT2D eigenvalue weighted by atomic mass is 10.0.